The molecular formula is C12H18N2O5S. The Morgan fingerprint density at radius 1 is 1.45 bits per heavy atom. The van der Waals surface area contributed by atoms with Gasteiger partial charge in [-0.3, -0.25) is 9.52 Å². The molecule has 0 atom stereocenters. The van der Waals surface area contributed by atoms with E-state index in [4.69, 9.17) is 9.84 Å². The second-order valence-electron chi connectivity index (χ2n) is 4.25. The Hall–Kier alpha value is -1.80. The number of aliphatic carboxylic acids is 1. The van der Waals surface area contributed by atoms with Gasteiger partial charge >= 0.3 is 16.2 Å². The SMILES string of the molecule is COc1ccc(NS(=O)(=O)N(C)CCC(=O)O)c(C)c1. The van der Waals surface area contributed by atoms with E-state index >= 15 is 0 Å². The molecule has 0 saturated heterocycles. The molecular weight excluding hydrogens is 284 g/mol. The maximum atomic E-state index is 12.0. The number of nitrogens with one attached hydrogen (secondary N) is 1. The normalized spacial score (nSPS) is 11.4. The Morgan fingerprint density at radius 2 is 2.10 bits per heavy atom. The highest BCUT2D eigenvalue weighted by atomic mass is 32.2. The van der Waals surface area contributed by atoms with Crippen LogP contribution in [0.2, 0.25) is 0 Å². The van der Waals surface area contributed by atoms with Crippen LogP contribution in [-0.4, -0.2) is 44.5 Å². The summed E-state index contributed by atoms with van der Waals surface area (Å²) in [6, 6.07) is 4.94. The molecule has 0 aliphatic heterocycles. The van der Waals surface area contributed by atoms with Gasteiger partial charge in [0.2, 0.25) is 0 Å². The molecule has 112 valence electrons. The lowest BCUT2D eigenvalue weighted by atomic mass is 10.2. The maximum absolute atomic E-state index is 12.0. The van der Waals surface area contributed by atoms with Gasteiger partial charge < -0.3 is 9.84 Å². The van der Waals surface area contributed by atoms with E-state index in [1.54, 1.807) is 25.1 Å². The lowest BCUT2D eigenvalue weighted by Crippen LogP contribution is -2.34. The fraction of sp³-hybridized carbons (Fsp3) is 0.417. The number of hydrogen-bond donors (Lipinski definition) is 2. The van der Waals surface area contributed by atoms with Crippen molar-refractivity contribution in [1.82, 2.24) is 4.31 Å². The number of methoxy groups -OCH3 is 1. The van der Waals surface area contributed by atoms with Gasteiger partial charge in [-0.2, -0.15) is 12.7 Å². The number of carboxylic acid groups (broad SMARTS) is 1. The molecule has 0 aromatic heterocycles. The third-order valence-electron chi connectivity index (χ3n) is 2.72. The Kier molecular flexibility index (Phi) is 5.34. The first kappa shape index (κ1) is 16.3. The number of carbonyl (C=O) groups is 1. The van der Waals surface area contributed by atoms with E-state index in [1.807, 2.05) is 0 Å². The first-order valence-electron chi connectivity index (χ1n) is 5.87. The van der Waals surface area contributed by atoms with E-state index in [9.17, 15) is 13.2 Å². The molecule has 0 heterocycles. The number of nitrogens with zero attached hydrogens (tertiary/aromatic N) is 1. The summed E-state index contributed by atoms with van der Waals surface area (Å²) in [6.07, 6.45) is -0.251. The van der Waals surface area contributed by atoms with E-state index in [0.717, 1.165) is 4.31 Å². The van der Waals surface area contributed by atoms with Crippen LogP contribution < -0.4 is 9.46 Å². The molecule has 0 spiro atoms. The topological polar surface area (TPSA) is 95.9 Å². The summed E-state index contributed by atoms with van der Waals surface area (Å²) in [5.41, 5.74) is 1.13. The van der Waals surface area contributed by atoms with Crippen LogP contribution in [0, 0.1) is 6.92 Å². The largest absolute Gasteiger partial charge is 0.497 e. The fourth-order valence-corrected chi connectivity index (χ4v) is 2.46. The number of hydrogen-bond acceptors (Lipinski definition) is 4. The zero-order valence-electron chi connectivity index (χ0n) is 11.6. The summed E-state index contributed by atoms with van der Waals surface area (Å²) >= 11 is 0. The second-order valence-corrected chi connectivity index (χ2v) is 6.03. The zero-order valence-corrected chi connectivity index (χ0v) is 12.4. The van der Waals surface area contributed by atoms with Crippen LogP contribution in [-0.2, 0) is 15.0 Å². The average molecular weight is 302 g/mol. The molecule has 0 saturated carbocycles. The molecule has 1 aromatic rings. The van der Waals surface area contributed by atoms with Crippen LogP contribution in [0.5, 0.6) is 5.75 Å². The summed E-state index contributed by atoms with van der Waals surface area (Å²) in [6.45, 7) is 1.65. The molecule has 0 aliphatic carbocycles. The Bertz CT molecular complexity index is 586. The number of rotatable bonds is 7. The molecule has 8 heteroatoms. The summed E-state index contributed by atoms with van der Waals surface area (Å²) in [5.74, 6) is -0.419. The fourth-order valence-electron chi connectivity index (χ4n) is 1.47. The minimum atomic E-state index is -3.77. The molecule has 0 amide bonds. The molecule has 20 heavy (non-hydrogen) atoms. The van der Waals surface area contributed by atoms with Gasteiger partial charge in [-0.05, 0) is 30.7 Å². The van der Waals surface area contributed by atoms with Crippen molar-refractivity contribution in [2.45, 2.75) is 13.3 Å². The number of aryl methyl sites for hydroxylation is 1. The van der Waals surface area contributed by atoms with Crippen molar-refractivity contribution in [1.29, 1.82) is 0 Å². The summed E-state index contributed by atoms with van der Waals surface area (Å²) < 4.78 is 32.4. The molecule has 0 unspecified atom stereocenters. The van der Waals surface area contributed by atoms with Crippen molar-refractivity contribution in [2.24, 2.45) is 0 Å². The van der Waals surface area contributed by atoms with Crippen LogP contribution in [0.15, 0.2) is 18.2 Å². The zero-order chi connectivity index (χ0) is 15.3. The number of anilines is 1. The Balaban J connectivity index is 2.82. The lowest BCUT2D eigenvalue weighted by Gasteiger charge is -2.18. The maximum Gasteiger partial charge on any atom is 0.304 e. The summed E-state index contributed by atoms with van der Waals surface area (Å²) in [4.78, 5) is 10.5. The predicted molar refractivity (Wildman–Crippen MR) is 75.2 cm³/mol. The molecule has 2 N–H and O–H groups in total. The van der Waals surface area contributed by atoms with Crippen molar-refractivity contribution >= 4 is 21.9 Å². The minimum Gasteiger partial charge on any atom is -0.497 e. The van der Waals surface area contributed by atoms with Crippen LogP contribution in [0.25, 0.3) is 0 Å². The summed E-state index contributed by atoms with van der Waals surface area (Å²) in [5, 5.41) is 8.56. The van der Waals surface area contributed by atoms with Crippen molar-refractivity contribution in [3.8, 4) is 5.75 Å². The highest BCUT2D eigenvalue weighted by Crippen LogP contribution is 2.22. The molecule has 0 fully saturated rings. The molecule has 0 radical (unpaired) electrons. The Labute approximate surface area is 118 Å². The van der Waals surface area contributed by atoms with Crippen molar-refractivity contribution < 1.29 is 23.1 Å². The van der Waals surface area contributed by atoms with Crippen LogP contribution >= 0.6 is 0 Å². The van der Waals surface area contributed by atoms with Crippen LogP contribution in [0.4, 0.5) is 5.69 Å². The van der Waals surface area contributed by atoms with Gasteiger partial charge in [-0.15, -0.1) is 0 Å². The number of carboxylic acids is 1. The second kappa shape index (κ2) is 6.58. The smallest absolute Gasteiger partial charge is 0.304 e. The van der Waals surface area contributed by atoms with Gasteiger partial charge in [0.15, 0.2) is 0 Å². The van der Waals surface area contributed by atoms with E-state index in [1.165, 1.54) is 14.2 Å². The molecule has 0 bridgehead atoms. The molecule has 0 aliphatic rings. The lowest BCUT2D eigenvalue weighted by molar-refractivity contribution is -0.137. The third kappa shape index (κ3) is 4.39. The van der Waals surface area contributed by atoms with Crippen molar-refractivity contribution in [3.05, 3.63) is 23.8 Å². The van der Waals surface area contributed by atoms with Gasteiger partial charge in [-0.1, -0.05) is 0 Å². The monoisotopic (exact) mass is 302 g/mol. The molecule has 7 nitrogen and oxygen atoms in total. The van der Waals surface area contributed by atoms with Gasteiger partial charge in [0.1, 0.15) is 5.75 Å². The molecule has 1 rings (SSSR count). The number of benzene rings is 1. The van der Waals surface area contributed by atoms with Crippen LogP contribution in [0.3, 0.4) is 0 Å². The minimum absolute atomic E-state index is 0.0974. The molecule has 1 aromatic carbocycles. The van der Waals surface area contributed by atoms with E-state index in [-0.39, 0.29) is 13.0 Å². The predicted octanol–water partition coefficient (Wildman–Crippen LogP) is 1.07. The summed E-state index contributed by atoms with van der Waals surface area (Å²) in [7, 11) is -0.922. The van der Waals surface area contributed by atoms with E-state index in [0.29, 0.717) is 17.0 Å². The first-order chi connectivity index (χ1) is 9.26. The van der Waals surface area contributed by atoms with Gasteiger partial charge in [0.25, 0.3) is 0 Å². The van der Waals surface area contributed by atoms with Crippen molar-refractivity contribution in [3.63, 3.8) is 0 Å². The van der Waals surface area contributed by atoms with Crippen molar-refractivity contribution in [2.75, 3.05) is 25.4 Å². The quantitative estimate of drug-likeness (QED) is 0.785. The average Bonchev–Trinajstić information content (AvgIpc) is 2.37. The van der Waals surface area contributed by atoms with Crippen LogP contribution in [0.1, 0.15) is 12.0 Å². The van der Waals surface area contributed by atoms with Gasteiger partial charge in [-0.25, -0.2) is 0 Å². The van der Waals surface area contributed by atoms with Gasteiger partial charge in [0.05, 0.1) is 19.2 Å². The van der Waals surface area contributed by atoms with E-state index < -0.39 is 16.2 Å². The standard InChI is InChI=1S/C12H18N2O5S/c1-9-8-10(19-3)4-5-11(9)13-20(17,18)14(2)7-6-12(15)16/h4-5,8,13H,6-7H2,1-3H3,(H,15,16). The third-order valence-corrected chi connectivity index (χ3v) is 4.20. The Morgan fingerprint density at radius 3 is 2.60 bits per heavy atom. The van der Waals surface area contributed by atoms with Gasteiger partial charge in [0, 0.05) is 13.6 Å². The first-order valence-corrected chi connectivity index (χ1v) is 7.31. The highest BCUT2D eigenvalue weighted by molar-refractivity contribution is 7.90. The van der Waals surface area contributed by atoms with E-state index in [2.05, 4.69) is 4.72 Å². The highest BCUT2D eigenvalue weighted by Gasteiger charge is 2.19. The number of ether oxygens (including phenoxy) is 1.